The maximum Gasteiger partial charge on any atom is 0.262 e. The molecule has 0 heterocycles. The fourth-order valence-corrected chi connectivity index (χ4v) is 2.95. The molecule has 2 aromatic rings. The molecule has 2 N–H and O–H groups in total. The molecule has 0 aliphatic heterocycles. The minimum atomic E-state index is -0.210. The van der Waals surface area contributed by atoms with Gasteiger partial charge in [-0.1, -0.05) is 38.1 Å². The second-order valence-electron chi connectivity index (χ2n) is 6.77. The number of carbonyl (C=O) groups is 2. The first-order valence-electron chi connectivity index (χ1n) is 9.55. The SMILES string of the molecule is CCc1cccc(CC)c1NC(=O)COc1cccc(C(=O)NC2CC2)c1. The Labute approximate surface area is 160 Å². The summed E-state index contributed by atoms with van der Waals surface area (Å²) in [7, 11) is 0. The maximum absolute atomic E-state index is 12.4. The Bertz CT molecular complexity index is 806. The van der Waals surface area contributed by atoms with E-state index in [0.717, 1.165) is 42.5 Å². The second-order valence-corrected chi connectivity index (χ2v) is 6.77. The highest BCUT2D eigenvalue weighted by Gasteiger charge is 2.23. The van der Waals surface area contributed by atoms with Crippen LogP contribution in [0.4, 0.5) is 5.69 Å². The zero-order valence-corrected chi connectivity index (χ0v) is 15.9. The molecule has 1 aliphatic rings. The predicted octanol–water partition coefficient (Wildman–Crippen LogP) is 3.72. The Morgan fingerprint density at radius 2 is 1.70 bits per heavy atom. The van der Waals surface area contributed by atoms with Crippen molar-refractivity contribution in [1.29, 1.82) is 0 Å². The number of benzene rings is 2. The summed E-state index contributed by atoms with van der Waals surface area (Å²) < 4.78 is 5.61. The fraction of sp³-hybridized carbons (Fsp3) is 0.364. The summed E-state index contributed by atoms with van der Waals surface area (Å²) >= 11 is 0. The molecule has 0 spiro atoms. The van der Waals surface area contributed by atoms with Crippen LogP contribution >= 0.6 is 0 Å². The van der Waals surface area contributed by atoms with Gasteiger partial charge in [0, 0.05) is 17.3 Å². The van der Waals surface area contributed by atoms with Crippen LogP contribution in [0.5, 0.6) is 5.75 Å². The first kappa shape index (κ1) is 19.0. The van der Waals surface area contributed by atoms with Gasteiger partial charge in [0.1, 0.15) is 5.75 Å². The van der Waals surface area contributed by atoms with Gasteiger partial charge in [-0.2, -0.15) is 0 Å². The van der Waals surface area contributed by atoms with Crippen molar-refractivity contribution in [2.24, 2.45) is 0 Å². The van der Waals surface area contributed by atoms with Crippen LogP contribution in [-0.4, -0.2) is 24.5 Å². The first-order chi connectivity index (χ1) is 13.1. The van der Waals surface area contributed by atoms with Crippen molar-refractivity contribution in [2.75, 3.05) is 11.9 Å². The summed E-state index contributed by atoms with van der Waals surface area (Å²) in [6.45, 7) is 4.03. The number of hydrogen-bond acceptors (Lipinski definition) is 3. The number of para-hydroxylation sites is 1. The van der Waals surface area contributed by atoms with E-state index in [1.165, 1.54) is 0 Å². The highest BCUT2D eigenvalue weighted by atomic mass is 16.5. The molecule has 0 atom stereocenters. The molecule has 0 aromatic heterocycles. The number of amides is 2. The van der Waals surface area contributed by atoms with E-state index in [0.29, 0.717) is 17.4 Å². The zero-order valence-electron chi connectivity index (χ0n) is 15.9. The summed E-state index contributed by atoms with van der Waals surface area (Å²) in [5, 5.41) is 5.93. The van der Waals surface area contributed by atoms with Gasteiger partial charge in [0.15, 0.2) is 6.61 Å². The van der Waals surface area contributed by atoms with Gasteiger partial charge in [0.05, 0.1) is 0 Å². The third-order valence-electron chi connectivity index (χ3n) is 4.64. The van der Waals surface area contributed by atoms with Gasteiger partial charge >= 0.3 is 0 Å². The molecule has 0 saturated heterocycles. The molecule has 27 heavy (non-hydrogen) atoms. The van der Waals surface area contributed by atoms with Gasteiger partial charge < -0.3 is 15.4 Å². The van der Waals surface area contributed by atoms with Gasteiger partial charge in [-0.3, -0.25) is 9.59 Å². The summed E-state index contributed by atoms with van der Waals surface area (Å²) in [5.41, 5.74) is 3.65. The van der Waals surface area contributed by atoms with Gasteiger partial charge in [0.25, 0.3) is 11.8 Å². The topological polar surface area (TPSA) is 67.4 Å². The lowest BCUT2D eigenvalue weighted by Gasteiger charge is -2.15. The van der Waals surface area contributed by atoms with Gasteiger partial charge in [-0.25, -0.2) is 0 Å². The molecule has 2 aromatic carbocycles. The molecule has 1 saturated carbocycles. The Kier molecular flexibility index (Phi) is 6.12. The van der Waals surface area contributed by atoms with Crippen LogP contribution in [0.3, 0.4) is 0 Å². The third-order valence-corrected chi connectivity index (χ3v) is 4.64. The van der Waals surface area contributed by atoms with Gasteiger partial charge in [-0.15, -0.1) is 0 Å². The molecule has 3 rings (SSSR count). The Balaban J connectivity index is 1.60. The molecule has 0 bridgehead atoms. The van der Waals surface area contributed by atoms with Crippen molar-refractivity contribution in [3.05, 3.63) is 59.2 Å². The largest absolute Gasteiger partial charge is 0.484 e. The van der Waals surface area contributed by atoms with E-state index in [-0.39, 0.29) is 18.4 Å². The molecule has 5 nitrogen and oxygen atoms in total. The second kappa shape index (κ2) is 8.71. The third kappa shape index (κ3) is 5.09. The maximum atomic E-state index is 12.4. The summed E-state index contributed by atoms with van der Waals surface area (Å²) in [4.78, 5) is 24.5. The van der Waals surface area contributed by atoms with E-state index in [1.54, 1.807) is 24.3 Å². The van der Waals surface area contributed by atoms with Crippen LogP contribution in [0, 0.1) is 0 Å². The van der Waals surface area contributed by atoms with Crippen molar-refractivity contribution < 1.29 is 14.3 Å². The number of ether oxygens (including phenoxy) is 1. The van der Waals surface area contributed by atoms with Crippen molar-refractivity contribution >= 4 is 17.5 Å². The summed E-state index contributed by atoms with van der Waals surface area (Å²) in [5.74, 6) is 0.198. The van der Waals surface area contributed by atoms with Crippen LogP contribution in [0.25, 0.3) is 0 Å². The number of rotatable bonds is 8. The van der Waals surface area contributed by atoms with Crippen LogP contribution in [0.15, 0.2) is 42.5 Å². The molecular formula is C22H26N2O3. The Hall–Kier alpha value is -2.82. The monoisotopic (exact) mass is 366 g/mol. The predicted molar refractivity (Wildman–Crippen MR) is 106 cm³/mol. The fourth-order valence-electron chi connectivity index (χ4n) is 2.95. The summed E-state index contributed by atoms with van der Waals surface area (Å²) in [6.07, 6.45) is 3.78. The van der Waals surface area contributed by atoms with Crippen LogP contribution in [0.1, 0.15) is 48.2 Å². The van der Waals surface area contributed by atoms with E-state index < -0.39 is 0 Å². The molecule has 0 radical (unpaired) electrons. The van der Waals surface area contributed by atoms with Gasteiger partial charge in [0.2, 0.25) is 0 Å². The molecule has 0 unspecified atom stereocenters. The number of nitrogens with one attached hydrogen (secondary N) is 2. The van der Waals surface area contributed by atoms with E-state index in [1.807, 2.05) is 18.2 Å². The van der Waals surface area contributed by atoms with Crippen molar-refractivity contribution in [3.63, 3.8) is 0 Å². The normalized spacial score (nSPS) is 13.1. The molecule has 1 aliphatic carbocycles. The van der Waals surface area contributed by atoms with Crippen LogP contribution in [0.2, 0.25) is 0 Å². The van der Waals surface area contributed by atoms with E-state index in [4.69, 9.17) is 4.74 Å². The minimum Gasteiger partial charge on any atom is -0.484 e. The molecule has 142 valence electrons. The minimum absolute atomic E-state index is 0.100. The van der Waals surface area contributed by atoms with E-state index in [9.17, 15) is 9.59 Å². The zero-order chi connectivity index (χ0) is 19.2. The Morgan fingerprint density at radius 3 is 2.33 bits per heavy atom. The molecule has 2 amide bonds. The lowest BCUT2D eigenvalue weighted by Crippen LogP contribution is -2.25. The first-order valence-corrected chi connectivity index (χ1v) is 9.55. The number of hydrogen-bond donors (Lipinski definition) is 2. The summed E-state index contributed by atoms with van der Waals surface area (Å²) in [6, 6.07) is 13.3. The Morgan fingerprint density at radius 1 is 1.04 bits per heavy atom. The average Bonchev–Trinajstić information content (AvgIpc) is 3.50. The standard InChI is InChI=1S/C22H26N2O3/c1-3-15-7-5-8-16(4-2)21(15)24-20(25)14-27-19-10-6-9-17(13-19)22(26)23-18-11-12-18/h5-10,13,18H,3-4,11-12,14H2,1-2H3,(H,23,26)(H,24,25). The smallest absolute Gasteiger partial charge is 0.262 e. The van der Waals surface area contributed by atoms with Gasteiger partial charge in [-0.05, 0) is 55.0 Å². The molecule has 1 fully saturated rings. The lowest BCUT2D eigenvalue weighted by atomic mass is 10.0. The quantitative estimate of drug-likeness (QED) is 0.748. The van der Waals surface area contributed by atoms with Crippen molar-refractivity contribution in [1.82, 2.24) is 5.32 Å². The average molecular weight is 366 g/mol. The van der Waals surface area contributed by atoms with Crippen LogP contribution in [-0.2, 0) is 17.6 Å². The lowest BCUT2D eigenvalue weighted by molar-refractivity contribution is -0.118. The highest BCUT2D eigenvalue weighted by molar-refractivity contribution is 5.95. The highest BCUT2D eigenvalue weighted by Crippen LogP contribution is 2.23. The van der Waals surface area contributed by atoms with Crippen molar-refractivity contribution in [2.45, 2.75) is 45.6 Å². The number of anilines is 1. The molecule has 5 heteroatoms. The molecular weight excluding hydrogens is 340 g/mol. The number of carbonyl (C=O) groups excluding carboxylic acids is 2. The van der Waals surface area contributed by atoms with Crippen LogP contribution < -0.4 is 15.4 Å². The van der Waals surface area contributed by atoms with Crippen molar-refractivity contribution in [3.8, 4) is 5.75 Å². The number of aryl methyl sites for hydroxylation is 2. The van der Waals surface area contributed by atoms with E-state index >= 15 is 0 Å². The van der Waals surface area contributed by atoms with E-state index in [2.05, 4.69) is 24.5 Å².